The number of esters is 2. The summed E-state index contributed by atoms with van der Waals surface area (Å²) in [6, 6.07) is -0.0422. The molecule has 4 heteroatoms. The third-order valence-corrected chi connectivity index (χ3v) is 2.97. The van der Waals surface area contributed by atoms with Gasteiger partial charge in [-0.3, -0.25) is 9.59 Å². The smallest absolute Gasteiger partial charge is 0.317 e. The molecule has 4 nitrogen and oxygen atoms in total. The molecule has 0 aromatic heterocycles. The quantitative estimate of drug-likeness (QED) is 0.373. The highest BCUT2D eigenvalue weighted by Gasteiger charge is 2.45. The Hall–Kier alpha value is -1.16. The standard InChI is InChI=1S/C10H13NO3/c1-5(11)6-2-3-7-8(4-6)10(13)14-9(7)12/h2,5,7-8H,3-4,11H2,1H3. The van der Waals surface area contributed by atoms with Crippen LogP contribution in [0.1, 0.15) is 19.8 Å². The molecule has 0 bridgehead atoms. The molecule has 1 aliphatic carbocycles. The maximum Gasteiger partial charge on any atom is 0.317 e. The molecule has 1 saturated heterocycles. The summed E-state index contributed by atoms with van der Waals surface area (Å²) < 4.78 is 4.58. The highest BCUT2D eigenvalue weighted by molar-refractivity contribution is 5.97. The van der Waals surface area contributed by atoms with Crippen LogP contribution in [0.5, 0.6) is 0 Å². The van der Waals surface area contributed by atoms with Crippen molar-refractivity contribution in [2.75, 3.05) is 0 Å². The third-order valence-electron chi connectivity index (χ3n) is 2.97. The highest BCUT2D eigenvalue weighted by Crippen LogP contribution is 2.36. The van der Waals surface area contributed by atoms with Crippen LogP contribution in [0, 0.1) is 11.8 Å². The molecule has 0 aromatic carbocycles. The van der Waals surface area contributed by atoms with Crippen LogP contribution in [0.15, 0.2) is 11.6 Å². The van der Waals surface area contributed by atoms with Gasteiger partial charge in [-0.2, -0.15) is 0 Å². The van der Waals surface area contributed by atoms with E-state index in [0.717, 1.165) is 5.57 Å². The zero-order valence-electron chi connectivity index (χ0n) is 8.03. The first-order valence-corrected chi connectivity index (χ1v) is 4.79. The van der Waals surface area contributed by atoms with Crippen molar-refractivity contribution >= 4 is 11.9 Å². The van der Waals surface area contributed by atoms with Crippen molar-refractivity contribution in [3.63, 3.8) is 0 Å². The van der Waals surface area contributed by atoms with Crippen molar-refractivity contribution in [2.24, 2.45) is 17.6 Å². The predicted octanol–water partition coefficient (Wildman–Crippen LogP) is 0.370. The average Bonchev–Trinajstić information content (AvgIpc) is 2.42. The number of nitrogens with two attached hydrogens (primary N) is 1. The van der Waals surface area contributed by atoms with Crippen LogP contribution >= 0.6 is 0 Å². The van der Waals surface area contributed by atoms with Gasteiger partial charge in [0.05, 0.1) is 11.8 Å². The number of allylic oxidation sites excluding steroid dienone is 1. The van der Waals surface area contributed by atoms with Gasteiger partial charge < -0.3 is 10.5 Å². The molecule has 3 atom stereocenters. The fourth-order valence-corrected chi connectivity index (χ4v) is 2.05. The number of fused-ring (bicyclic) bond motifs is 1. The van der Waals surface area contributed by atoms with E-state index in [-0.39, 0.29) is 29.8 Å². The van der Waals surface area contributed by atoms with Crippen LogP contribution in [-0.4, -0.2) is 18.0 Å². The van der Waals surface area contributed by atoms with Crippen LogP contribution in [0.25, 0.3) is 0 Å². The van der Waals surface area contributed by atoms with Gasteiger partial charge in [-0.15, -0.1) is 0 Å². The Balaban J connectivity index is 2.20. The van der Waals surface area contributed by atoms with Gasteiger partial charge in [0.1, 0.15) is 0 Å². The number of carbonyl (C=O) groups is 2. The summed E-state index contributed by atoms with van der Waals surface area (Å²) in [6.07, 6.45) is 3.13. The van der Waals surface area contributed by atoms with Crippen LogP contribution in [0.2, 0.25) is 0 Å². The second-order valence-corrected chi connectivity index (χ2v) is 3.96. The van der Waals surface area contributed by atoms with E-state index in [9.17, 15) is 9.59 Å². The Morgan fingerprint density at radius 1 is 1.43 bits per heavy atom. The molecule has 2 N–H and O–H groups in total. The summed E-state index contributed by atoms with van der Waals surface area (Å²) in [5.41, 5.74) is 6.78. The zero-order valence-corrected chi connectivity index (χ0v) is 8.03. The molecular formula is C10H13NO3. The number of cyclic esters (lactones) is 2. The minimum absolute atomic E-state index is 0.0422. The van der Waals surface area contributed by atoms with Gasteiger partial charge in [0.15, 0.2) is 0 Å². The van der Waals surface area contributed by atoms with E-state index in [2.05, 4.69) is 4.74 Å². The molecule has 0 spiro atoms. The van der Waals surface area contributed by atoms with E-state index in [1.54, 1.807) is 0 Å². The molecule has 2 rings (SSSR count). The summed E-state index contributed by atoms with van der Waals surface area (Å²) in [5, 5.41) is 0. The third kappa shape index (κ3) is 1.35. The fourth-order valence-electron chi connectivity index (χ4n) is 2.05. The first kappa shape index (κ1) is 9.40. The van der Waals surface area contributed by atoms with Crippen molar-refractivity contribution in [3.05, 3.63) is 11.6 Å². The summed E-state index contributed by atoms with van der Waals surface area (Å²) >= 11 is 0. The molecule has 0 aromatic rings. The molecule has 3 unspecified atom stereocenters. The fraction of sp³-hybridized carbons (Fsp3) is 0.600. The topological polar surface area (TPSA) is 69.4 Å². The van der Waals surface area contributed by atoms with E-state index in [4.69, 9.17) is 5.73 Å². The number of carbonyl (C=O) groups excluding carboxylic acids is 2. The average molecular weight is 195 g/mol. The molecule has 1 fully saturated rings. The second-order valence-electron chi connectivity index (χ2n) is 3.96. The van der Waals surface area contributed by atoms with Crippen LogP contribution in [-0.2, 0) is 14.3 Å². The monoisotopic (exact) mass is 195 g/mol. The SMILES string of the molecule is CC(N)C1=CCC2C(=O)OC(=O)C2C1. The number of rotatable bonds is 1. The van der Waals surface area contributed by atoms with Gasteiger partial charge >= 0.3 is 11.9 Å². The van der Waals surface area contributed by atoms with Crippen molar-refractivity contribution in [2.45, 2.75) is 25.8 Å². The normalized spacial score (nSPS) is 33.4. The van der Waals surface area contributed by atoms with Gasteiger partial charge in [-0.25, -0.2) is 0 Å². The minimum atomic E-state index is -0.383. The van der Waals surface area contributed by atoms with Crippen LogP contribution in [0.3, 0.4) is 0 Å². The summed E-state index contributed by atoms with van der Waals surface area (Å²) in [4.78, 5) is 22.5. The highest BCUT2D eigenvalue weighted by atomic mass is 16.6. The summed E-state index contributed by atoms with van der Waals surface area (Å²) in [7, 11) is 0. The Labute approximate surface area is 82.1 Å². The first-order valence-electron chi connectivity index (χ1n) is 4.79. The molecule has 76 valence electrons. The van der Waals surface area contributed by atoms with E-state index in [0.29, 0.717) is 12.8 Å². The van der Waals surface area contributed by atoms with Crippen molar-refractivity contribution in [3.8, 4) is 0 Å². The zero-order chi connectivity index (χ0) is 10.3. The number of hydrogen-bond donors (Lipinski definition) is 1. The predicted molar refractivity (Wildman–Crippen MR) is 49.0 cm³/mol. The van der Waals surface area contributed by atoms with E-state index >= 15 is 0 Å². The van der Waals surface area contributed by atoms with Gasteiger partial charge in [0, 0.05) is 6.04 Å². The summed E-state index contributed by atoms with van der Waals surface area (Å²) in [5.74, 6) is -1.30. The van der Waals surface area contributed by atoms with Crippen molar-refractivity contribution in [1.29, 1.82) is 0 Å². The Bertz CT molecular complexity index is 319. The van der Waals surface area contributed by atoms with Crippen LogP contribution < -0.4 is 5.73 Å². The molecule has 14 heavy (non-hydrogen) atoms. The van der Waals surface area contributed by atoms with Crippen LogP contribution in [0.4, 0.5) is 0 Å². The van der Waals surface area contributed by atoms with Gasteiger partial charge in [-0.05, 0) is 19.8 Å². The van der Waals surface area contributed by atoms with Gasteiger partial charge in [0.25, 0.3) is 0 Å². The Morgan fingerprint density at radius 3 is 2.71 bits per heavy atom. The van der Waals surface area contributed by atoms with E-state index < -0.39 is 0 Å². The Kier molecular flexibility index (Phi) is 2.15. The molecule has 0 radical (unpaired) electrons. The van der Waals surface area contributed by atoms with Crippen molar-refractivity contribution < 1.29 is 14.3 Å². The number of ether oxygens (including phenoxy) is 1. The number of hydrogen-bond acceptors (Lipinski definition) is 4. The lowest BCUT2D eigenvalue weighted by molar-refractivity contribution is -0.153. The second kappa shape index (κ2) is 3.20. The molecule has 1 aliphatic heterocycles. The van der Waals surface area contributed by atoms with E-state index in [1.165, 1.54) is 0 Å². The maximum absolute atomic E-state index is 11.3. The summed E-state index contributed by atoms with van der Waals surface area (Å²) in [6.45, 7) is 1.88. The lowest BCUT2D eigenvalue weighted by Crippen LogP contribution is -2.28. The minimum Gasteiger partial charge on any atom is -0.393 e. The van der Waals surface area contributed by atoms with Gasteiger partial charge in [-0.1, -0.05) is 11.6 Å². The van der Waals surface area contributed by atoms with E-state index in [1.807, 2.05) is 13.0 Å². The Morgan fingerprint density at radius 2 is 2.07 bits per heavy atom. The maximum atomic E-state index is 11.3. The van der Waals surface area contributed by atoms with Gasteiger partial charge in [0.2, 0.25) is 0 Å². The lowest BCUT2D eigenvalue weighted by atomic mass is 9.79. The molecule has 1 heterocycles. The largest absolute Gasteiger partial charge is 0.393 e. The molecule has 2 aliphatic rings. The van der Waals surface area contributed by atoms with Crippen molar-refractivity contribution in [1.82, 2.24) is 0 Å². The lowest BCUT2D eigenvalue weighted by Gasteiger charge is -2.22. The molecular weight excluding hydrogens is 182 g/mol. The first-order chi connectivity index (χ1) is 6.59. The molecule has 0 amide bonds. The molecule has 0 saturated carbocycles.